The van der Waals surface area contributed by atoms with E-state index in [-0.39, 0.29) is 4.87 Å². The first-order valence-corrected chi connectivity index (χ1v) is 6.64. The first-order valence-electron chi connectivity index (χ1n) is 5.76. The Labute approximate surface area is 113 Å². The number of pyridine rings is 1. The van der Waals surface area contributed by atoms with Gasteiger partial charge in [-0.3, -0.25) is 9.78 Å². The molecule has 0 spiro atoms. The van der Waals surface area contributed by atoms with Crippen LogP contribution in [0.25, 0.3) is 11.3 Å². The van der Waals surface area contributed by atoms with Gasteiger partial charge in [-0.2, -0.15) is 0 Å². The van der Waals surface area contributed by atoms with E-state index >= 15 is 0 Å². The second-order valence-corrected chi connectivity index (χ2v) is 4.84. The number of anilines is 2. The molecule has 0 unspecified atom stereocenters. The standard InChI is InChI=1S/C14H11N3OS/c18-14-17-13(9-19-14)10-1-3-11(4-2-10)16-12-5-7-15-8-6-12/h1-9H,(H,15,16)(H,17,18). The van der Waals surface area contributed by atoms with E-state index in [2.05, 4.69) is 15.3 Å². The van der Waals surface area contributed by atoms with Gasteiger partial charge >= 0.3 is 4.87 Å². The fourth-order valence-corrected chi connectivity index (χ4v) is 2.35. The largest absolute Gasteiger partial charge is 0.355 e. The van der Waals surface area contributed by atoms with Crippen LogP contribution in [0.3, 0.4) is 0 Å². The highest BCUT2D eigenvalue weighted by Crippen LogP contribution is 2.21. The molecular weight excluding hydrogens is 258 g/mol. The summed E-state index contributed by atoms with van der Waals surface area (Å²) in [4.78, 5) is 17.8. The van der Waals surface area contributed by atoms with Gasteiger partial charge in [0.2, 0.25) is 0 Å². The van der Waals surface area contributed by atoms with Crippen LogP contribution >= 0.6 is 11.3 Å². The summed E-state index contributed by atoms with van der Waals surface area (Å²) < 4.78 is 0. The molecule has 0 fully saturated rings. The fraction of sp³-hybridized carbons (Fsp3) is 0. The summed E-state index contributed by atoms with van der Waals surface area (Å²) in [6, 6.07) is 11.7. The third-order valence-corrected chi connectivity index (χ3v) is 3.36. The van der Waals surface area contributed by atoms with Gasteiger partial charge in [-0.25, -0.2) is 0 Å². The SMILES string of the molecule is O=c1[nH]c(-c2ccc(Nc3ccncc3)cc2)cs1. The summed E-state index contributed by atoms with van der Waals surface area (Å²) in [5.41, 5.74) is 3.84. The Morgan fingerprint density at radius 3 is 2.32 bits per heavy atom. The van der Waals surface area contributed by atoms with E-state index in [0.29, 0.717) is 0 Å². The molecule has 5 heteroatoms. The van der Waals surface area contributed by atoms with E-state index in [9.17, 15) is 4.79 Å². The number of H-pyrrole nitrogens is 1. The zero-order valence-corrected chi connectivity index (χ0v) is 10.8. The zero-order chi connectivity index (χ0) is 13.1. The van der Waals surface area contributed by atoms with Gasteiger partial charge in [-0.05, 0) is 29.8 Å². The number of aromatic amines is 1. The highest BCUT2D eigenvalue weighted by Gasteiger charge is 2.01. The smallest absolute Gasteiger partial charge is 0.304 e. The van der Waals surface area contributed by atoms with Crippen molar-refractivity contribution >= 4 is 22.7 Å². The van der Waals surface area contributed by atoms with E-state index in [1.165, 1.54) is 11.3 Å². The molecule has 4 nitrogen and oxygen atoms in total. The lowest BCUT2D eigenvalue weighted by Gasteiger charge is -2.06. The molecule has 2 aromatic heterocycles. The van der Waals surface area contributed by atoms with Crippen LogP contribution in [-0.2, 0) is 0 Å². The molecule has 19 heavy (non-hydrogen) atoms. The number of nitrogens with zero attached hydrogens (tertiary/aromatic N) is 1. The van der Waals surface area contributed by atoms with Crippen LogP contribution in [0.15, 0.2) is 59.0 Å². The molecule has 0 atom stereocenters. The summed E-state index contributed by atoms with van der Waals surface area (Å²) in [5.74, 6) is 0. The molecule has 94 valence electrons. The number of aromatic nitrogens is 2. The Hall–Kier alpha value is -2.40. The van der Waals surface area contributed by atoms with Gasteiger partial charge < -0.3 is 10.3 Å². The molecule has 0 amide bonds. The van der Waals surface area contributed by atoms with E-state index in [1.54, 1.807) is 12.4 Å². The van der Waals surface area contributed by atoms with Crippen molar-refractivity contribution in [3.63, 3.8) is 0 Å². The molecule has 0 saturated heterocycles. The Bertz CT molecular complexity index is 716. The Morgan fingerprint density at radius 2 is 1.68 bits per heavy atom. The molecule has 3 rings (SSSR count). The number of hydrogen-bond acceptors (Lipinski definition) is 4. The first-order chi connectivity index (χ1) is 9.31. The molecule has 0 bridgehead atoms. The lowest BCUT2D eigenvalue weighted by atomic mass is 10.1. The van der Waals surface area contributed by atoms with Crippen LogP contribution < -0.4 is 10.2 Å². The topological polar surface area (TPSA) is 57.8 Å². The predicted octanol–water partition coefficient (Wildman–Crippen LogP) is 3.24. The van der Waals surface area contributed by atoms with Gasteiger partial charge in [-0.1, -0.05) is 23.5 Å². The van der Waals surface area contributed by atoms with E-state index < -0.39 is 0 Å². The maximum Gasteiger partial charge on any atom is 0.304 e. The van der Waals surface area contributed by atoms with Crippen molar-refractivity contribution in [2.75, 3.05) is 5.32 Å². The summed E-state index contributed by atoms with van der Waals surface area (Å²) in [5, 5.41) is 5.11. The van der Waals surface area contributed by atoms with E-state index in [1.807, 2.05) is 41.8 Å². The minimum absolute atomic E-state index is 0.0333. The molecule has 2 N–H and O–H groups in total. The van der Waals surface area contributed by atoms with Gasteiger partial charge in [0, 0.05) is 29.1 Å². The minimum atomic E-state index is -0.0333. The molecule has 0 aliphatic rings. The Kier molecular flexibility index (Phi) is 3.12. The monoisotopic (exact) mass is 269 g/mol. The van der Waals surface area contributed by atoms with Crippen molar-refractivity contribution in [3.05, 3.63) is 63.8 Å². The number of rotatable bonds is 3. The van der Waals surface area contributed by atoms with Gasteiger partial charge in [0.1, 0.15) is 0 Å². The minimum Gasteiger partial charge on any atom is -0.355 e. The van der Waals surface area contributed by atoms with Crippen LogP contribution in [0, 0.1) is 0 Å². The maximum atomic E-state index is 11.1. The molecule has 0 saturated carbocycles. The average molecular weight is 269 g/mol. The average Bonchev–Trinajstić information content (AvgIpc) is 2.87. The maximum absolute atomic E-state index is 11.1. The normalized spacial score (nSPS) is 10.3. The summed E-state index contributed by atoms with van der Waals surface area (Å²) in [6.07, 6.45) is 3.49. The highest BCUT2D eigenvalue weighted by atomic mass is 32.1. The predicted molar refractivity (Wildman–Crippen MR) is 77.9 cm³/mol. The van der Waals surface area contributed by atoms with Crippen LogP contribution in [0.2, 0.25) is 0 Å². The van der Waals surface area contributed by atoms with E-state index in [4.69, 9.17) is 0 Å². The third-order valence-electron chi connectivity index (χ3n) is 2.69. The molecule has 1 aromatic carbocycles. The van der Waals surface area contributed by atoms with Crippen LogP contribution in [-0.4, -0.2) is 9.97 Å². The summed E-state index contributed by atoms with van der Waals surface area (Å²) >= 11 is 1.17. The molecule has 2 heterocycles. The highest BCUT2D eigenvalue weighted by molar-refractivity contribution is 7.07. The lowest BCUT2D eigenvalue weighted by molar-refractivity contribution is 1.32. The molecule has 3 aromatic rings. The number of thiazole rings is 1. The third kappa shape index (κ3) is 2.71. The van der Waals surface area contributed by atoms with Gasteiger partial charge in [0.05, 0.1) is 5.69 Å². The van der Waals surface area contributed by atoms with Crippen molar-refractivity contribution < 1.29 is 0 Å². The van der Waals surface area contributed by atoms with Gasteiger partial charge in [0.25, 0.3) is 0 Å². The van der Waals surface area contributed by atoms with Crippen molar-refractivity contribution in [1.82, 2.24) is 9.97 Å². The summed E-state index contributed by atoms with van der Waals surface area (Å²) in [6.45, 7) is 0. The van der Waals surface area contributed by atoms with Gasteiger partial charge in [-0.15, -0.1) is 0 Å². The molecular formula is C14H11N3OS. The van der Waals surface area contributed by atoms with Crippen molar-refractivity contribution in [2.24, 2.45) is 0 Å². The van der Waals surface area contributed by atoms with Crippen molar-refractivity contribution in [3.8, 4) is 11.3 Å². The molecule has 0 aliphatic carbocycles. The molecule has 0 aliphatic heterocycles. The number of benzene rings is 1. The Balaban J connectivity index is 1.81. The quantitative estimate of drug-likeness (QED) is 0.767. The Morgan fingerprint density at radius 1 is 1.00 bits per heavy atom. The lowest BCUT2D eigenvalue weighted by Crippen LogP contribution is -1.93. The van der Waals surface area contributed by atoms with Crippen LogP contribution in [0.5, 0.6) is 0 Å². The van der Waals surface area contributed by atoms with E-state index in [0.717, 1.165) is 22.6 Å². The second-order valence-electron chi connectivity index (χ2n) is 4.00. The van der Waals surface area contributed by atoms with Crippen molar-refractivity contribution in [2.45, 2.75) is 0 Å². The second kappa shape index (κ2) is 5.07. The van der Waals surface area contributed by atoms with Crippen LogP contribution in [0.1, 0.15) is 0 Å². The van der Waals surface area contributed by atoms with Crippen molar-refractivity contribution in [1.29, 1.82) is 0 Å². The van der Waals surface area contributed by atoms with Gasteiger partial charge in [0.15, 0.2) is 0 Å². The first kappa shape index (κ1) is 11.7. The van der Waals surface area contributed by atoms with Crippen LogP contribution in [0.4, 0.5) is 11.4 Å². The zero-order valence-electron chi connectivity index (χ0n) is 9.96. The number of hydrogen-bond donors (Lipinski definition) is 2. The summed E-state index contributed by atoms with van der Waals surface area (Å²) in [7, 11) is 0. The molecule has 0 radical (unpaired) electrons. The fourth-order valence-electron chi connectivity index (χ4n) is 1.76. The number of nitrogens with one attached hydrogen (secondary N) is 2.